The molecular formula is C18H26O4. The van der Waals surface area contributed by atoms with Gasteiger partial charge < -0.3 is 9.47 Å². The van der Waals surface area contributed by atoms with Crippen LogP contribution in [0.5, 0.6) is 11.5 Å². The van der Waals surface area contributed by atoms with Gasteiger partial charge in [0.05, 0.1) is 0 Å². The summed E-state index contributed by atoms with van der Waals surface area (Å²) in [5.41, 5.74) is 0.283. The lowest BCUT2D eigenvalue weighted by Gasteiger charge is -2.17. The first-order valence-electron chi connectivity index (χ1n) is 7.82. The summed E-state index contributed by atoms with van der Waals surface area (Å²) in [7, 11) is 0. The van der Waals surface area contributed by atoms with E-state index < -0.39 is 0 Å². The van der Waals surface area contributed by atoms with Gasteiger partial charge in [-0.15, -0.1) is 0 Å². The smallest absolute Gasteiger partial charge is 0.311 e. The number of benzene rings is 1. The van der Waals surface area contributed by atoms with E-state index in [1.165, 1.54) is 0 Å². The Morgan fingerprint density at radius 2 is 1.50 bits per heavy atom. The summed E-state index contributed by atoms with van der Waals surface area (Å²) in [5.74, 6) is -0.0647. The van der Waals surface area contributed by atoms with Gasteiger partial charge >= 0.3 is 11.9 Å². The van der Waals surface area contributed by atoms with Crippen LogP contribution in [0.2, 0.25) is 0 Å². The molecule has 0 aromatic heterocycles. The van der Waals surface area contributed by atoms with Gasteiger partial charge in [0.15, 0.2) is 11.5 Å². The van der Waals surface area contributed by atoms with Crippen LogP contribution in [-0.4, -0.2) is 11.9 Å². The molecular weight excluding hydrogens is 280 g/mol. The average molecular weight is 306 g/mol. The highest BCUT2D eigenvalue weighted by Crippen LogP contribution is 2.27. The lowest BCUT2D eigenvalue weighted by Crippen LogP contribution is -2.11. The third-order valence-electron chi connectivity index (χ3n) is 3.14. The Morgan fingerprint density at radius 1 is 0.955 bits per heavy atom. The quantitative estimate of drug-likeness (QED) is 0.422. The Morgan fingerprint density at radius 3 is 2.00 bits per heavy atom. The molecule has 0 fully saturated rings. The minimum atomic E-state index is -0.353. The van der Waals surface area contributed by atoms with E-state index in [0.29, 0.717) is 12.2 Å². The van der Waals surface area contributed by atoms with E-state index in [-0.39, 0.29) is 29.5 Å². The van der Waals surface area contributed by atoms with Crippen molar-refractivity contribution in [2.45, 2.75) is 59.8 Å². The van der Waals surface area contributed by atoms with Crippen LogP contribution in [-0.2, 0) is 9.59 Å². The van der Waals surface area contributed by atoms with Crippen molar-refractivity contribution in [2.24, 2.45) is 5.41 Å². The van der Waals surface area contributed by atoms with Crippen LogP contribution in [0.3, 0.4) is 0 Å². The third-order valence-corrected chi connectivity index (χ3v) is 3.14. The summed E-state index contributed by atoms with van der Waals surface area (Å²) >= 11 is 0. The zero-order valence-corrected chi connectivity index (χ0v) is 14.0. The maximum Gasteiger partial charge on any atom is 0.311 e. The molecule has 0 aliphatic rings. The molecule has 0 N–H and O–H groups in total. The minimum absolute atomic E-state index is 0.273. The highest BCUT2D eigenvalue weighted by molar-refractivity contribution is 5.75. The average Bonchev–Trinajstić information content (AvgIpc) is 2.44. The highest BCUT2D eigenvalue weighted by atomic mass is 16.6. The van der Waals surface area contributed by atoms with Gasteiger partial charge in [0.25, 0.3) is 0 Å². The topological polar surface area (TPSA) is 52.6 Å². The molecule has 0 atom stereocenters. The molecule has 0 unspecified atom stereocenters. The van der Waals surface area contributed by atoms with Gasteiger partial charge in [0.1, 0.15) is 0 Å². The number of unbranched alkanes of at least 4 members (excludes halogenated alkanes) is 1. The van der Waals surface area contributed by atoms with E-state index in [2.05, 4.69) is 20.8 Å². The summed E-state index contributed by atoms with van der Waals surface area (Å²) < 4.78 is 10.5. The van der Waals surface area contributed by atoms with Crippen molar-refractivity contribution in [1.82, 2.24) is 0 Å². The summed E-state index contributed by atoms with van der Waals surface area (Å²) in [6.07, 6.45) is 3.50. The summed E-state index contributed by atoms with van der Waals surface area (Å²) in [4.78, 5) is 23.2. The molecule has 0 spiro atoms. The van der Waals surface area contributed by atoms with Crippen molar-refractivity contribution in [1.29, 1.82) is 0 Å². The van der Waals surface area contributed by atoms with Crippen LogP contribution in [0.25, 0.3) is 0 Å². The summed E-state index contributed by atoms with van der Waals surface area (Å²) in [6, 6.07) is 6.73. The Labute approximate surface area is 132 Å². The predicted octanol–water partition coefficient (Wildman–Crippen LogP) is 4.51. The van der Waals surface area contributed by atoms with Crippen LogP contribution in [0.1, 0.15) is 59.8 Å². The van der Waals surface area contributed by atoms with E-state index in [1.807, 2.05) is 0 Å². The van der Waals surface area contributed by atoms with E-state index in [9.17, 15) is 9.59 Å². The van der Waals surface area contributed by atoms with E-state index in [1.54, 1.807) is 31.2 Å². The van der Waals surface area contributed by atoms with Crippen LogP contribution in [0.15, 0.2) is 24.3 Å². The molecule has 1 rings (SSSR count). The van der Waals surface area contributed by atoms with Gasteiger partial charge in [-0.1, -0.05) is 46.2 Å². The van der Waals surface area contributed by atoms with Gasteiger partial charge in [0.2, 0.25) is 0 Å². The molecule has 1 aromatic carbocycles. The van der Waals surface area contributed by atoms with Gasteiger partial charge in [-0.25, -0.2) is 0 Å². The molecule has 0 saturated heterocycles. The van der Waals surface area contributed by atoms with Crippen LogP contribution >= 0.6 is 0 Å². The first-order valence-corrected chi connectivity index (χ1v) is 7.82. The van der Waals surface area contributed by atoms with Crippen molar-refractivity contribution in [3.63, 3.8) is 0 Å². The normalized spacial score (nSPS) is 11.1. The Kier molecular flexibility index (Phi) is 7.09. The molecule has 1 aromatic rings. The second-order valence-corrected chi connectivity index (χ2v) is 6.52. The van der Waals surface area contributed by atoms with Crippen molar-refractivity contribution < 1.29 is 19.1 Å². The van der Waals surface area contributed by atoms with Gasteiger partial charge in [-0.3, -0.25) is 9.59 Å². The van der Waals surface area contributed by atoms with E-state index in [4.69, 9.17) is 9.47 Å². The molecule has 0 heterocycles. The van der Waals surface area contributed by atoms with E-state index >= 15 is 0 Å². The number of esters is 2. The highest BCUT2D eigenvalue weighted by Gasteiger charge is 2.13. The molecule has 0 bridgehead atoms. The van der Waals surface area contributed by atoms with Gasteiger partial charge in [0, 0.05) is 12.8 Å². The summed E-state index contributed by atoms with van der Waals surface area (Å²) in [5, 5.41) is 0. The standard InChI is InChI=1S/C18H26O4/c1-5-16(19)21-14-10-6-7-11-15(14)22-17(20)12-8-9-13-18(2,3)4/h6-7,10-11H,5,8-9,12-13H2,1-4H3. The number of rotatable bonds is 7. The number of carbonyl (C=O) groups excluding carboxylic acids is 2. The van der Waals surface area contributed by atoms with Crippen molar-refractivity contribution in [3.05, 3.63) is 24.3 Å². The van der Waals surface area contributed by atoms with Crippen LogP contribution < -0.4 is 9.47 Å². The van der Waals surface area contributed by atoms with Crippen molar-refractivity contribution >= 4 is 11.9 Å². The Bertz CT molecular complexity index is 500. The monoisotopic (exact) mass is 306 g/mol. The predicted molar refractivity (Wildman–Crippen MR) is 85.9 cm³/mol. The third kappa shape index (κ3) is 7.25. The molecule has 4 nitrogen and oxygen atoms in total. The first-order chi connectivity index (χ1) is 10.3. The fourth-order valence-corrected chi connectivity index (χ4v) is 1.91. The zero-order valence-electron chi connectivity index (χ0n) is 14.0. The summed E-state index contributed by atoms with van der Waals surface area (Å²) in [6.45, 7) is 8.27. The molecule has 0 saturated carbocycles. The molecule has 0 radical (unpaired) electrons. The number of ether oxygens (including phenoxy) is 2. The number of para-hydroxylation sites is 2. The lowest BCUT2D eigenvalue weighted by molar-refractivity contribution is -0.137. The second kappa shape index (κ2) is 8.57. The Hall–Kier alpha value is -1.84. The van der Waals surface area contributed by atoms with E-state index in [0.717, 1.165) is 19.3 Å². The largest absolute Gasteiger partial charge is 0.423 e. The Balaban J connectivity index is 2.49. The number of hydrogen-bond donors (Lipinski definition) is 0. The van der Waals surface area contributed by atoms with Crippen molar-refractivity contribution in [3.8, 4) is 11.5 Å². The number of carbonyl (C=O) groups is 2. The van der Waals surface area contributed by atoms with Crippen LogP contribution in [0.4, 0.5) is 0 Å². The number of hydrogen-bond acceptors (Lipinski definition) is 4. The molecule has 122 valence electrons. The zero-order chi connectivity index (χ0) is 16.6. The lowest BCUT2D eigenvalue weighted by atomic mass is 9.89. The molecule has 22 heavy (non-hydrogen) atoms. The fourth-order valence-electron chi connectivity index (χ4n) is 1.91. The first kappa shape index (κ1) is 18.2. The minimum Gasteiger partial charge on any atom is -0.423 e. The molecule has 0 aliphatic carbocycles. The fraction of sp³-hybridized carbons (Fsp3) is 0.556. The molecule has 4 heteroatoms. The molecule has 0 aliphatic heterocycles. The van der Waals surface area contributed by atoms with Gasteiger partial charge in [-0.2, -0.15) is 0 Å². The van der Waals surface area contributed by atoms with Crippen molar-refractivity contribution in [2.75, 3.05) is 0 Å². The van der Waals surface area contributed by atoms with Gasteiger partial charge in [-0.05, 0) is 30.4 Å². The SMILES string of the molecule is CCC(=O)Oc1ccccc1OC(=O)CCCCC(C)(C)C. The molecule has 0 amide bonds. The van der Waals surface area contributed by atoms with Crippen LogP contribution in [0, 0.1) is 5.41 Å². The maximum atomic E-state index is 11.9. The maximum absolute atomic E-state index is 11.9. The second-order valence-electron chi connectivity index (χ2n) is 6.52.